The van der Waals surface area contributed by atoms with E-state index in [-0.39, 0.29) is 24.3 Å². The van der Waals surface area contributed by atoms with Gasteiger partial charge in [-0.3, -0.25) is 9.59 Å². The first-order valence-electron chi connectivity index (χ1n) is 7.91. The Bertz CT molecular complexity index is 659. The highest BCUT2D eigenvalue weighted by Gasteiger charge is 2.23. The minimum atomic E-state index is -0.787. The quantitative estimate of drug-likeness (QED) is 0.727. The van der Waals surface area contributed by atoms with E-state index >= 15 is 0 Å². The molecule has 5 nitrogen and oxygen atoms in total. The number of benzene rings is 2. The molecule has 0 saturated heterocycles. The first kappa shape index (κ1) is 17.7. The maximum Gasteiger partial charge on any atom is 0.252 e. The molecule has 2 atom stereocenters. The van der Waals surface area contributed by atoms with Crippen LogP contribution in [0.4, 0.5) is 0 Å². The van der Waals surface area contributed by atoms with Gasteiger partial charge in [0.15, 0.2) is 0 Å². The molecule has 2 rings (SSSR count). The molecule has 126 valence electrons. The number of aliphatic hydroxyl groups is 1. The topological polar surface area (TPSA) is 78.4 Å². The van der Waals surface area contributed by atoms with Crippen LogP contribution in [-0.4, -0.2) is 30.1 Å². The summed E-state index contributed by atoms with van der Waals surface area (Å²) in [4.78, 5) is 24.9. The Labute approximate surface area is 141 Å². The Morgan fingerprint density at radius 1 is 1.00 bits per heavy atom. The molecular weight excluding hydrogens is 304 g/mol. The summed E-state index contributed by atoms with van der Waals surface area (Å²) in [6.07, 6.45) is 0. The highest BCUT2D eigenvalue weighted by molar-refractivity contribution is 5.97. The Balaban J connectivity index is 2.14. The summed E-state index contributed by atoms with van der Waals surface area (Å²) in [5.74, 6) is -0.657. The highest BCUT2D eigenvalue weighted by atomic mass is 16.3. The first-order valence-corrected chi connectivity index (χ1v) is 7.91. The molecule has 0 saturated carbocycles. The average Bonchev–Trinajstić information content (AvgIpc) is 2.65. The second kappa shape index (κ2) is 8.84. The van der Waals surface area contributed by atoms with Crippen molar-refractivity contribution < 1.29 is 14.7 Å². The van der Waals surface area contributed by atoms with Crippen LogP contribution in [0.3, 0.4) is 0 Å². The third-order valence-electron chi connectivity index (χ3n) is 3.64. The zero-order chi connectivity index (χ0) is 17.4. The predicted molar refractivity (Wildman–Crippen MR) is 92.4 cm³/mol. The van der Waals surface area contributed by atoms with Crippen LogP contribution in [0.25, 0.3) is 0 Å². The third kappa shape index (κ3) is 4.93. The number of carbonyl (C=O) groups is 2. The molecule has 2 amide bonds. The molecule has 24 heavy (non-hydrogen) atoms. The molecule has 2 aromatic carbocycles. The van der Waals surface area contributed by atoms with E-state index in [1.165, 1.54) is 0 Å². The van der Waals surface area contributed by atoms with Gasteiger partial charge in [0.05, 0.1) is 0 Å². The lowest BCUT2D eigenvalue weighted by Crippen LogP contribution is -2.42. The Kier molecular flexibility index (Phi) is 6.51. The summed E-state index contributed by atoms with van der Waals surface area (Å²) in [6, 6.07) is 17.1. The highest BCUT2D eigenvalue weighted by Crippen LogP contribution is 2.14. The molecule has 0 aliphatic carbocycles. The van der Waals surface area contributed by atoms with Crippen LogP contribution in [-0.2, 0) is 4.79 Å². The van der Waals surface area contributed by atoms with Crippen molar-refractivity contribution in [2.45, 2.75) is 13.0 Å². The molecule has 2 unspecified atom stereocenters. The molecule has 0 spiro atoms. The van der Waals surface area contributed by atoms with Gasteiger partial charge in [0.1, 0.15) is 6.04 Å². The molecular formula is C19H22N2O3. The van der Waals surface area contributed by atoms with Gasteiger partial charge in [-0.1, -0.05) is 55.5 Å². The van der Waals surface area contributed by atoms with Crippen LogP contribution < -0.4 is 10.6 Å². The summed E-state index contributed by atoms with van der Waals surface area (Å²) in [7, 11) is 0. The molecule has 0 heterocycles. The SMILES string of the molecule is CC(CO)CNC(=O)C(NC(=O)c1ccccc1)c1ccccc1. The second-order valence-electron chi connectivity index (χ2n) is 5.72. The van der Waals surface area contributed by atoms with Crippen LogP contribution in [0, 0.1) is 5.92 Å². The number of amides is 2. The molecule has 0 aliphatic heterocycles. The van der Waals surface area contributed by atoms with Gasteiger partial charge >= 0.3 is 0 Å². The van der Waals surface area contributed by atoms with Gasteiger partial charge in [-0.15, -0.1) is 0 Å². The molecule has 5 heteroatoms. The zero-order valence-electron chi connectivity index (χ0n) is 13.6. The predicted octanol–water partition coefficient (Wildman–Crippen LogP) is 1.90. The normalized spacial score (nSPS) is 12.9. The molecule has 0 aliphatic rings. The lowest BCUT2D eigenvalue weighted by molar-refractivity contribution is -0.123. The van der Waals surface area contributed by atoms with Gasteiger partial charge in [-0.25, -0.2) is 0 Å². The average molecular weight is 326 g/mol. The van der Waals surface area contributed by atoms with Gasteiger partial charge in [0.25, 0.3) is 5.91 Å². The Morgan fingerprint density at radius 2 is 1.58 bits per heavy atom. The summed E-state index contributed by atoms with van der Waals surface area (Å²) in [6.45, 7) is 2.17. The standard InChI is InChI=1S/C19H22N2O3/c1-14(13-22)12-20-19(24)17(15-8-4-2-5-9-15)21-18(23)16-10-6-3-7-11-16/h2-11,14,17,22H,12-13H2,1H3,(H,20,24)(H,21,23). The van der Waals surface area contributed by atoms with Gasteiger partial charge in [-0.2, -0.15) is 0 Å². The van der Waals surface area contributed by atoms with Crippen molar-refractivity contribution in [3.63, 3.8) is 0 Å². The third-order valence-corrected chi connectivity index (χ3v) is 3.64. The van der Waals surface area contributed by atoms with E-state index in [4.69, 9.17) is 5.11 Å². The fourth-order valence-electron chi connectivity index (χ4n) is 2.19. The number of aliphatic hydroxyl groups excluding tert-OH is 1. The number of rotatable bonds is 7. The summed E-state index contributed by atoms with van der Waals surface area (Å²) < 4.78 is 0. The number of hydrogen-bond donors (Lipinski definition) is 3. The zero-order valence-corrected chi connectivity index (χ0v) is 13.6. The molecule has 0 fully saturated rings. The van der Waals surface area contributed by atoms with Gasteiger partial charge in [-0.05, 0) is 23.6 Å². The summed E-state index contributed by atoms with van der Waals surface area (Å²) >= 11 is 0. The van der Waals surface area contributed by atoms with Crippen molar-refractivity contribution in [2.75, 3.05) is 13.2 Å². The maximum atomic E-state index is 12.5. The smallest absolute Gasteiger partial charge is 0.252 e. The fourth-order valence-corrected chi connectivity index (χ4v) is 2.19. The molecule has 0 aromatic heterocycles. The van der Waals surface area contributed by atoms with Crippen molar-refractivity contribution >= 4 is 11.8 Å². The van der Waals surface area contributed by atoms with Crippen LogP contribution in [0.2, 0.25) is 0 Å². The monoisotopic (exact) mass is 326 g/mol. The Morgan fingerprint density at radius 3 is 2.17 bits per heavy atom. The van der Waals surface area contributed by atoms with Crippen molar-refractivity contribution in [1.29, 1.82) is 0 Å². The molecule has 2 aromatic rings. The second-order valence-corrected chi connectivity index (χ2v) is 5.72. The van der Waals surface area contributed by atoms with Gasteiger partial charge in [0.2, 0.25) is 5.91 Å². The summed E-state index contributed by atoms with van der Waals surface area (Å²) in [5, 5.41) is 14.6. The molecule has 0 radical (unpaired) electrons. The van der Waals surface area contributed by atoms with Crippen LogP contribution in [0.15, 0.2) is 60.7 Å². The Hall–Kier alpha value is -2.66. The van der Waals surface area contributed by atoms with Crippen molar-refractivity contribution in [2.24, 2.45) is 5.92 Å². The lowest BCUT2D eigenvalue weighted by Gasteiger charge is -2.20. The molecule has 0 bridgehead atoms. The molecule has 3 N–H and O–H groups in total. The van der Waals surface area contributed by atoms with Gasteiger partial charge in [0, 0.05) is 18.7 Å². The van der Waals surface area contributed by atoms with Crippen molar-refractivity contribution in [1.82, 2.24) is 10.6 Å². The van der Waals surface area contributed by atoms with E-state index in [0.29, 0.717) is 17.7 Å². The first-order chi connectivity index (χ1) is 11.6. The van der Waals surface area contributed by atoms with E-state index in [1.807, 2.05) is 31.2 Å². The van der Waals surface area contributed by atoms with Crippen LogP contribution in [0.1, 0.15) is 28.9 Å². The van der Waals surface area contributed by atoms with E-state index in [2.05, 4.69) is 10.6 Å². The van der Waals surface area contributed by atoms with Crippen LogP contribution >= 0.6 is 0 Å². The lowest BCUT2D eigenvalue weighted by atomic mass is 10.0. The maximum absolute atomic E-state index is 12.5. The van der Waals surface area contributed by atoms with E-state index in [1.54, 1.807) is 36.4 Å². The van der Waals surface area contributed by atoms with E-state index < -0.39 is 6.04 Å². The van der Waals surface area contributed by atoms with Crippen molar-refractivity contribution in [3.05, 3.63) is 71.8 Å². The largest absolute Gasteiger partial charge is 0.396 e. The minimum Gasteiger partial charge on any atom is -0.396 e. The van der Waals surface area contributed by atoms with Crippen molar-refractivity contribution in [3.8, 4) is 0 Å². The number of nitrogens with one attached hydrogen (secondary N) is 2. The van der Waals surface area contributed by atoms with E-state index in [9.17, 15) is 9.59 Å². The van der Waals surface area contributed by atoms with Gasteiger partial charge < -0.3 is 15.7 Å². The van der Waals surface area contributed by atoms with Crippen LogP contribution in [0.5, 0.6) is 0 Å². The fraction of sp³-hybridized carbons (Fsp3) is 0.263. The number of hydrogen-bond acceptors (Lipinski definition) is 3. The van der Waals surface area contributed by atoms with E-state index in [0.717, 1.165) is 0 Å². The number of carbonyl (C=O) groups excluding carboxylic acids is 2. The minimum absolute atomic E-state index is 0.00728. The summed E-state index contributed by atoms with van der Waals surface area (Å²) in [5.41, 5.74) is 1.20.